The Labute approximate surface area is 167 Å². The molecule has 3 N–H and O–H groups in total. The zero-order chi connectivity index (χ0) is 21.0. The summed E-state index contributed by atoms with van der Waals surface area (Å²) >= 11 is 0. The molecule has 3 rings (SSSR count). The van der Waals surface area contributed by atoms with Gasteiger partial charge in [-0.2, -0.15) is 0 Å². The first-order valence-corrected chi connectivity index (χ1v) is 9.30. The highest BCUT2D eigenvalue weighted by atomic mass is 19.1. The van der Waals surface area contributed by atoms with Crippen molar-refractivity contribution in [1.82, 2.24) is 20.3 Å². The molecule has 0 aliphatic heterocycles. The second kappa shape index (κ2) is 8.91. The molecule has 3 aromatic rings. The third-order valence-corrected chi connectivity index (χ3v) is 4.88. The molecule has 0 fully saturated rings. The number of nitrogens with one attached hydrogen (secondary N) is 1. The molecule has 1 heterocycles. The Morgan fingerprint density at radius 1 is 1.10 bits per heavy atom. The van der Waals surface area contributed by atoms with Crippen molar-refractivity contribution in [2.24, 2.45) is 11.7 Å². The fraction of sp³-hybridized carbons (Fsp3) is 0.286. The number of carbonyl (C=O) groups is 1. The van der Waals surface area contributed by atoms with Crippen molar-refractivity contribution in [3.63, 3.8) is 0 Å². The number of primary amides is 1. The Hall–Kier alpha value is -3.13. The summed E-state index contributed by atoms with van der Waals surface area (Å²) in [5.41, 5.74) is 8.62. The van der Waals surface area contributed by atoms with E-state index in [1.54, 1.807) is 28.9 Å². The first-order valence-electron chi connectivity index (χ1n) is 9.30. The molecule has 0 saturated heterocycles. The van der Waals surface area contributed by atoms with E-state index in [1.807, 2.05) is 13.8 Å². The second-order valence-corrected chi connectivity index (χ2v) is 7.01. The molecule has 0 aliphatic carbocycles. The van der Waals surface area contributed by atoms with Gasteiger partial charge in [-0.1, -0.05) is 17.3 Å². The molecular weight excluding hydrogens is 376 g/mol. The number of rotatable bonds is 8. The largest absolute Gasteiger partial charge is 0.369 e. The van der Waals surface area contributed by atoms with Crippen LogP contribution in [0.4, 0.5) is 8.78 Å². The molecule has 8 heteroatoms. The van der Waals surface area contributed by atoms with Crippen LogP contribution < -0.4 is 11.1 Å². The minimum atomic E-state index is -0.449. The van der Waals surface area contributed by atoms with Crippen molar-refractivity contribution < 1.29 is 13.6 Å². The number of nitrogens with zero attached hydrogens (tertiary/aromatic N) is 3. The molecule has 0 saturated carbocycles. The van der Waals surface area contributed by atoms with E-state index < -0.39 is 11.8 Å². The molecule has 0 radical (unpaired) electrons. The molecule has 2 atom stereocenters. The van der Waals surface area contributed by atoms with Crippen molar-refractivity contribution in [3.8, 4) is 5.69 Å². The maximum absolute atomic E-state index is 13.1. The van der Waals surface area contributed by atoms with Gasteiger partial charge in [-0.25, -0.2) is 13.5 Å². The van der Waals surface area contributed by atoms with Crippen molar-refractivity contribution in [2.45, 2.75) is 26.3 Å². The van der Waals surface area contributed by atoms with Crippen LogP contribution in [0.5, 0.6) is 0 Å². The molecule has 2 aromatic carbocycles. The Morgan fingerprint density at radius 3 is 2.28 bits per heavy atom. The van der Waals surface area contributed by atoms with Crippen molar-refractivity contribution >= 4 is 5.91 Å². The third-order valence-electron chi connectivity index (χ3n) is 4.88. The van der Waals surface area contributed by atoms with E-state index in [-0.39, 0.29) is 17.7 Å². The van der Waals surface area contributed by atoms with Crippen LogP contribution in [0.3, 0.4) is 0 Å². The maximum Gasteiger partial charge on any atom is 0.222 e. The summed E-state index contributed by atoms with van der Waals surface area (Å²) in [7, 11) is 0. The molecular formula is C21H23F2N5O. The number of nitrogens with two attached hydrogens (primary N) is 1. The van der Waals surface area contributed by atoms with E-state index in [0.717, 1.165) is 17.0 Å². The molecule has 6 nitrogen and oxygen atoms in total. The summed E-state index contributed by atoms with van der Waals surface area (Å²) in [5.74, 6) is -1.52. The standard InChI is InChI=1S/C21H23F2N5O/c1-13(20-14(2)28(27-26-20)19-9-7-18(23)8-10-19)25-12-16(21(24)29)11-15-3-5-17(22)6-4-15/h3-10,13,16,25H,11-12H2,1-2H3,(H2,24,29)/t13-,16+/m1/s1. The van der Waals surface area contributed by atoms with Crippen LogP contribution in [0.15, 0.2) is 48.5 Å². The second-order valence-electron chi connectivity index (χ2n) is 7.01. The van der Waals surface area contributed by atoms with E-state index in [1.165, 1.54) is 24.3 Å². The van der Waals surface area contributed by atoms with Gasteiger partial charge < -0.3 is 11.1 Å². The smallest absolute Gasteiger partial charge is 0.222 e. The molecule has 1 aromatic heterocycles. The lowest BCUT2D eigenvalue weighted by Crippen LogP contribution is -2.35. The Kier molecular flexibility index (Phi) is 6.33. The molecule has 0 aliphatic rings. The predicted octanol–water partition coefficient (Wildman–Crippen LogP) is 2.85. The average molecular weight is 399 g/mol. The molecule has 0 bridgehead atoms. The van der Waals surface area contributed by atoms with Gasteiger partial charge in [-0.15, -0.1) is 5.10 Å². The number of aromatic nitrogens is 3. The van der Waals surface area contributed by atoms with Crippen LogP contribution in [0.25, 0.3) is 5.69 Å². The summed E-state index contributed by atoms with van der Waals surface area (Å²) in [5, 5.41) is 11.7. The summed E-state index contributed by atoms with van der Waals surface area (Å²) in [6, 6.07) is 11.8. The summed E-state index contributed by atoms with van der Waals surface area (Å²) in [4.78, 5) is 11.8. The highest BCUT2D eigenvalue weighted by Gasteiger charge is 2.20. The fourth-order valence-electron chi connectivity index (χ4n) is 3.16. The Morgan fingerprint density at radius 2 is 1.69 bits per heavy atom. The zero-order valence-electron chi connectivity index (χ0n) is 16.3. The summed E-state index contributed by atoms with van der Waals surface area (Å²) in [6.07, 6.45) is 0.413. The Balaban J connectivity index is 1.67. The quantitative estimate of drug-likeness (QED) is 0.610. The topological polar surface area (TPSA) is 85.8 Å². The summed E-state index contributed by atoms with van der Waals surface area (Å²) in [6.45, 7) is 4.14. The Bertz CT molecular complexity index is 970. The minimum absolute atomic E-state index is 0.181. The number of benzene rings is 2. The zero-order valence-corrected chi connectivity index (χ0v) is 16.3. The molecule has 152 valence electrons. The van der Waals surface area contributed by atoms with Gasteiger partial charge in [0.2, 0.25) is 5.91 Å². The molecule has 1 amide bonds. The van der Waals surface area contributed by atoms with Crippen LogP contribution in [0, 0.1) is 24.5 Å². The van der Waals surface area contributed by atoms with Gasteiger partial charge in [0, 0.05) is 6.54 Å². The molecule has 0 spiro atoms. The SMILES string of the molecule is Cc1c([C@@H](C)NC[C@H](Cc2ccc(F)cc2)C(N)=O)nnn1-c1ccc(F)cc1. The third kappa shape index (κ3) is 5.03. The average Bonchev–Trinajstić information content (AvgIpc) is 3.08. The van der Waals surface area contributed by atoms with Crippen LogP contribution in [-0.2, 0) is 11.2 Å². The first-order chi connectivity index (χ1) is 13.8. The van der Waals surface area contributed by atoms with Crippen molar-refractivity contribution in [1.29, 1.82) is 0 Å². The minimum Gasteiger partial charge on any atom is -0.369 e. The maximum atomic E-state index is 13.1. The first kappa shape index (κ1) is 20.6. The predicted molar refractivity (Wildman–Crippen MR) is 105 cm³/mol. The monoisotopic (exact) mass is 399 g/mol. The lowest BCUT2D eigenvalue weighted by Gasteiger charge is -2.18. The van der Waals surface area contributed by atoms with E-state index in [2.05, 4.69) is 15.6 Å². The normalized spacial score (nSPS) is 13.2. The lowest BCUT2D eigenvalue weighted by molar-refractivity contribution is -0.121. The van der Waals surface area contributed by atoms with Gasteiger partial charge in [0.15, 0.2) is 0 Å². The number of carbonyl (C=O) groups excluding carboxylic acids is 1. The highest BCUT2D eigenvalue weighted by molar-refractivity contribution is 5.77. The molecule has 0 unspecified atom stereocenters. The summed E-state index contributed by atoms with van der Waals surface area (Å²) < 4.78 is 27.8. The number of halogens is 2. The van der Waals surface area contributed by atoms with E-state index in [9.17, 15) is 13.6 Å². The van der Waals surface area contributed by atoms with Crippen LogP contribution in [0.1, 0.15) is 29.9 Å². The van der Waals surface area contributed by atoms with Crippen LogP contribution in [0.2, 0.25) is 0 Å². The van der Waals surface area contributed by atoms with E-state index in [4.69, 9.17) is 5.73 Å². The number of hydrogen-bond acceptors (Lipinski definition) is 4. The van der Waals surface area contributed by atoms with Gasteiger partial charge in [-0.3, -0.25) is 4.79 Å². The van der Waals surface area contributed by atoms with E-state index >= 15 is 0 Å². The van der Waals surface area contributed by atoms with Crippen molar-refractivity contribution in [2.75, 3.05) is 6.54 Å². The van der Waals surface area contributed by atoms with Crippen molar-refractivity contribution in [3.05, 3.63) is 77.1 Å². The molecule has 29 heavy (non-hydrogen) atoms. The highest BCUT2D eigenvalue weighted by Crippen LogP contribution is 2.19. The van der Waals surface area contributed by atoms with E-state index in [0.29, 0.717) is 18.7 Å². The van der Waals surface area contributed by atoms with Gasteiger partial charge in [0.1, 0.15) is 17.3 Å². The van der Waals surface area contributed by atoms with Crippen LogP contribution in [-0.4, -0.2) is 27.4 Å². The van der Waals surface area contributed by atoms with Crippen LogP contribution >= 0.6 is 0 Å². The lowest BCUT2D eigenvalue weighted by atomic mass is 9.98. The fourth-order valence-corrected chi connectivity index (χ4v) is 3.16. The van der Waals surface area contributed by atoms with Gasteiger partial charge >= 0.3 is 0 Å². The number of hydrogen-bond donors (Lipinski definition) is 2. The van der Waals surface area contributed by atoms with Gasteiger partial charge in [-0.05, 0) is 62.2 Å². The number of amides is 1. The van der Waals surface area contributed by atoms with Gasteiger partial charge in [0.05, 0.1) is 23.3 Å². The van der Waals surface area contributed by atoms with Gasteiger partial charge in [0.25, 0.3) is 0 Å².